The second-order valence-corrected chi connectivity index (χ2v) is 14.6. The normalized spacial score (nSPS) is 13.9. The number of carbonyl (C=O) groups is 1. The van der Waals surface area contributed by atoms with Gasteiger partial charge in [-0.1, -0.05) is 212 Å². The standard InChI is InChI=1S/C43H83NO4/c1-3-5-7-9-11-13-15-17-18-19-20-21-22-23-24-26-28-30-32-34-36-38-42(47)43(48)44-40(39-45)41(46)37-35-33-31-29-27-25-16-14-12-10-8-6-4-2/h27,29,35,37,40-42,45-47H,3-26,28,30-34,36,38-39H2,1-2H3,(H,44,48)/b29-27+,37-35+/t40-,41+,42-/m0/s1. The number of aliphatic hydroxyl groups is 3. The maximum Gasteiger partial charge on any atom is 0.249 e. The van der Waals surface area contributed by atoms with Crippen molar-refractivity contribution in [3.05, 3.63) is 24.3 Å². The molecule has 0 bridgehead atoms. The summed E-state index contributed by atoms with van der Waals surface area (Å²) in [6.45, 7) is 4.16. The molecule has 48 heavy (non-hydrogen) atoms. The fourth-order valence-electron chi connectivity index (χ4n) is 6.44. The molecule has 0 aromatic rings. The molecule has 0 rings (SSSR count). The van der Waals surface area contributed by atoms with Gasteiger partial charge in [-0.25, -0.2) is 0 Å². The molecule has 0 aromatic carbocycles. The van der Waals surface area contributed by atoms with E-state index < -0.39 is 24.2 Å². The Bertz CT molecular complexity index is 709. The monoisotopic (exact) mass is 678 g/mol. The zero-order chi connectivity index (χ0) is 35.2. The van der Waals surface area contributed by atoms with E-state index in [0.29, 0.717) is 6.42 Å². The highest BCUT2D eigenvalue weighted by molar-refractivity contribution is 5.80. The molecule has 0 saturated heterocycles. The minimum atomic E-state index is -1.10. The molecule has 0 aliphatic heterocycles. The molecule has 284 valence electrons. The molecule has 5 heteroatoms. The lowest BCUT2D eigenvalue weighted by Crippen LogP contribution is -2.48. The average molecular weight is 678 g/mol. The molecule has 0 aliphatic carbocycles. The van der Waals surface area contributed by atoms with Gasteiger partial charge in [0.25, 0.3) is 0 Å². The highest BCUT2D eigenvalue weighted by Gasteiger charge is 2.22. The molecule has 0 spiro atoms. The number of nitrogens with one attached hydrogen (secondary N) is 1. The first-order chi connectivity index (χ1) is 23.6. The molecular weight excluding hydrogens is 594 g/mol. The Kier molecular flexibility index (Phi) is 37.7. The molecule has 0 fully saturated rings. The van der Waals surface area contributed by atoms with Crippen molar-refractivity contribution in [2.24, 2.45) is 0 Å². The fraction of sp³-hybridized carbons (Fsp3) is 0.884. The molecule has 0 radical (unpaired) electrons. The number of rotatable bonds is 38. The van der Waals surface area contributed by atoms with Gasteiger partial charge in [0.2, 0.25) is 5.91 Å². The lowest BCUT2D eigenvalue weighted by atomic mass is 10.0. The summed E-state index contributed by atoms with van der Waals surface area (Å²) in [5.41, 5.74) is 0. The molecule has 4 N–H and O–H groups in total. The summed E-state index contributed by atoms with van der Waals surface area (Å²) in [5.74, 6) is -0.511. The van der Waals surface area contributed by atoms with Gasteiger partial charge in [-0.15, -0.1) is 0 Å². The largest absolute Gasteiger partial charge is 0.394 e. The van der Waals surface area contributed by atoms with E-state index in [2.05, 4.69) is 31.3 Å². The van der Waals surface area contributed by atoms with Crippen molar-refractivity contribution in [2.45, 2.75) is 238 Å². The van der Waals surface area contributed by atoms with Crippen LogP contribution in [-0.2, 0) is 4.79 Å². The number of hydrogen-bond acceptors (Lipinski definition) is 4. The average Bonchev–Trinajstić information content (AvgIpc) is 3.09. The van der Waals surface area contributed by atoms with Crippen LogP contribution >= 0.6 is 0 Å². The summed E-state index contributed by atoms with van der Waals surface area (Å²) >= 11 is 0. The summed E-state index contributed by atoms with van der Waals surface area (Å²) in [5, 5.41) is 33.0. The van der Waals surface area contributed by atoms with Crippen LogP contribution in [0, 0.1) is 0 Å². The van der Waals surface area contributed by atoms with E-state index in [0.717, 1.165) is 38.5 Å². The Morgan fingerprint density at radius 3 is 1.27 bits per heavy atom. The summed E-state index contributed by atoms with van der Waals surface area (Å²) in [6, 6.07) is -0.809. The first kappa shape index (κ1) is 46.8. The van der Waals surface area contributed by atoms with Crippen molar-refractivity contribution >= 4 is 5.91 Å². The van der Waals surface area contributed by atoms with Crippen LogP contribution in [0.25, 0.3) is 0 Å². The summed E-state index contributed by atoms with van der Waals surface area (Å²) < 4.78 is 0. The number of amides is 1. The molecule has 5 nitrogen and oxygen atoms in total. The maximum atomic E-state index is 12.4. The van der Waals surface area contributed by atoms with Crippen molar-refractivity contribution in [1.29, 1.82) is 0 Å². The van der Waals surface area contributed by atoms with Gasteiger partial charge in [0, 0.05) is 0 Å². The third-order valence-electron chi connectivity index (χ3n) is 9.79. The third-order valence-corrected chi connectivity index (χ3v) is 9.79. The lowest BCUT2D eigenvalue weighted by Gasteiger charge is -2.21. The van der Waals surface area contributed by atoms with Crippen LogP contribution in [0.2, 0.25) is 0 Å². The van der Waals surface area contributed by atoms with E-state index in [9.17, 15) is 20.1 Å². The van der Waals surface area contributed by atoms with Crippen molar-refractivity contribution in [2.75, 3.05) is 6.61 Å². The second kappa shape index (κ2) is 38.6. The number of carbonyl (C=O) groups excluding carboxylic acids is 1. The first-order valence-electron chi connectivity index (χ1n) is 21.2. The van der Waals surface area contributed by atoms with Crippen molar-refractivity contribution in [3.8, 4) is 0 Å². The van der Waals surface area contributed by atoms with Crippen molar-refractivity contribution < 1.29 is 20.1 Å². The SMILES string of the molecule is CCCCCCCCC/C=C/CC/C=C/[C@@H](O)[C@H](CO)NC(=O)[C@@H](O)CCCCCCCCCCCCCCCCCCCCCCC. The highest BCUT2D eigenvalue weighted by atomic mass is 16.3. The minimum Gasteiger partial charge on any atom is -0.394 e. The van der Waals surface area contributed by atoms with Gasteiger partial charge in [0.05, 0.1) is 18.8 Å². The summed E-state index contributed by atoms with van der Waals surface area (Å²) in [4.78, 5) is 12.4. The van der Waals surface area contributed by atoms with Crippen LogP contribution in [0.5, 0.6) is 0 Å². The zero-order valence-corrected chi connectivity index (χ0v) is 32.1. The number of allylic oxidation sites excluding steroid dienone is 3. The summed E-state index contributed by atoms with van der Waals surface area (Å²) in [6.07, 6.45) is 46.4. The Labute approximate surface area is 299 Å². The molecule has 3 atom stereocenters. The predicted octanol–water partition coefficient (Wildman–Crippen LogP) is 11.8. The summed E-state index contributed by atoms with van der Waals surface area (Å²) in [7, 11) is 0. The Morgan fingerprint density at radius 2 is 0.854 bits per heavy atom. The molecule has 0 heterocycles. The third kappa shape index (κ3) is 33.3. The van der Waals surface area contributed by atoms with E-state index in [-0.39, 0.29) is 6.61 Å². The van der Waals surface area contributed by atoms with Crippen LogP contribution in [-0.4, -0.2) is 46.1 Å². The van der Waals surface area contributed by atoms with Gasteiger partial charge in [-0.2, -0.15) is 0 Å². The Hall–Kier alpha value is -1.17. The van der Waals surface area contributed by atoms with E-state index in [1.54, 1.807) is 6.08 Å². The van der Waals surface area contributed by atoms with Gasteiger partial charge in [-0.05, 0) is 32.1 Å². The molecule has 0 unspecified atom stereocenters. The van der Waals surface area contributed by atoms with Gasteiger partial charge in [0.15, 0.2) is 0 Å². The lowest BCUT2D eigenvalue weighted by molar-refractivity contribution is -0.131. The van der Waals surface area contributed by atoms with E-state index in [1.807, 2.05) is 6.08 Å². The van der Waals surface area contributed by atoms with Crippen LogP contribution in [0.15, 0.2) is 24.3 Å². The predicted molar refractivity (Wildman–Crippen MR) is 208 cm³/mol. The van der Waals surface area contributed by atoms with Gasteiger partial charge >= 0.3 is 0 Å². The van der Waals surface area contributed by atoms with Crippen LogP contribution in [0.3, 0.4) is 0 Å². The molecular formula is C43H83NO4. The topological polar surface area (TPSA) is 89.8 Å². The first-order valence-corrected chi connectivity index (χ1v) is 21.2. The van der Waals surface area contributed by atoms with Gasteiger partial charge in [-0.3, -0.25) is 4.79 Å². The number of hydrogen-bond donors (Lipinski definition) is 4. The maximum absolute atomic E-state index is 12.4. The van der Waals surface area contributed by atoms with Crippen molar-refractivity contribution in [3.63, 3.8) is 0 Å². The highest BCUT2D eigenvalue weighted by Crippen LogP contribution is 2.16. The van der Waals surface area contributed by atoms with E-state index in [4.69, 9.17) is 0 Å². The zero-order valence-electron chi connectivity index (χ0n) is 32.1. The van der Waals surface area contributed by atoms with Crippen molar-refractivity contribution in [1.82, 2.24) is 5.32 Å². The molecule has 0 aliphatic rings. The molecule has 1 amide bonds. The second-order valence-electron chi connectivity index (χ2n) is 14.6. The van der Waals surface area contributed by atoms with E-state index >= 15 is 0 Å². The Morgan fingerprint density at radius 1 is 0.500 bits per heavy atom. The van der Waals surface area contributed by atoms with Gasteiger partial charge in [0.1, 0.15) is 6.10 Å². The number of aliphatic hydroxyl groups excluding tert-OH is 3. The van der Waals surface area contributed by atoms with Gasteiger partial charge < -0.3 is 20.6 Å². The van der Waals surface area contributed by atoms with E-state index in [1.165, 1.54) is 161 Å². The Balaban J connectivity index is 3.66. The number of unbranched alkanes of at least 4 members (excludes halogenated alkanes) is 28. The van der Waals surface area contributed by atoms with Crippen LogP contribution in [0.1, 0.15) is 219 Å². The molecule has 0 aromatic heterocycles. The van der Waals surface area contributed by atoms with Crippen LogP contribution < -0.4 is 5.32 Å². The fourth-order valence-corrected chi connectivity index (χ4v) is 6.44. The quantitative estimate of drug-likeness (QED) is 0.0387. The smallest absolute Gasteiger partial charge is 0.249 e. The molecule has 0 saturated carbocycles. The minimum absolute atomic E-state index is 0.373. The van der Waals surface area contributed by atoms with Crippen LogP contribution in [0.4, 0.5) is 0 Å².